The van der Waals surface area contributed by atoms with E-state index in [9.17, 15) is 8.78 Å². The van der Waals surface area contributed by atoms with Gasteiger partial charge in [0.25, 0.3) is 0 Å². The second kappa shape index (κ2) is 11.5. The third kappa shape index (κ3) is 7.42. The number of rotatable bonds is 8. The lowest BCUT2D eigenvalue weighted by Gasteiger charge is -2.11. The number of aliphatic imine (C=N–C) groups is 1. The smallest absolute Gasteiger partial charge is 0.387 e. The summed E-state index contributed by atoms with van der Waals surface area (Å²) < 4.78 is 34.3. The maximum absolute atomic E-state index is 12.4. The number of alkyl halides is 2. The number of guanidine groups is 1. The van der Waals surface area contributed by atoms with Gasteiger partial charge in [0.1, 0.15) is 0 Å². The minimum atomic E-state index is -2.92. The van der Waals surface area contributed by atoms with Crippen LogP contribution in [0.2, 0.25) is 0 Å². The van der Waals surface area contributed by atoms with Gasteiger partial charge in [0.15, 0.2) is 17.5 Å². The molecule has 0 unspecified atom stereocenters. The zero-order chi connectivity index (χ0) is 18.1. The van der Waals surface area contributed by atoms with E-state index in [-0.39, 0.29) is 42.0 Å². The topological polar surface area (TPSA) is 68.9 Å². The molecule has 0 radical (unpaired) electrons. The molecule has 0 amide bonds. The summed E-state index contributed by atoms with van der Waals surface area (Å²) >= 11 is 0. The maximum atomic E-state index is 12.4. The molecule has 0 heterocycles. The number of nitrogens with zero attached hydrogens (tertiary/aromatic N) is 1. The van der Waals surface area contributed by atoms with Crippen LogP contribution in [0.4, 0.5) is 8.78 Å². The number of methoxy groups -OCH3 is 1. The maximum Gasteiger partial charge on any atom is 0.387 e. The van der Waals surface area contributed by atoms with Gasteiger partial charge in [-0.25, -0.2) is 4.99 Å². The highest BCUT2D eigenvalue weighted by atomic mass is 127. The van der Waals surface area contributed by atoms with Crippen LogP contribution in [0.1, 0.15) is 11.1 Å². The summed E-state index contributed by atoms with van der Waals surface area (Å²) in [5, 5.41) is 3.02. The molecule has 2 aromatic rings. The van der Waals surface area contributed by atoms with Crippen molar-refractivity contribution in [2.75, 3.05) is 13.7 Å². The first kappa shape index (κ1) is 21.9. The molecule has 0 aromatic heterocycles. The van der Waals surface area contributed by atoms with Gasteiger partial charge < -0.3 is 20.5 Å². The van der Waals surface area contributed by atoms with Crippen LogP contribution in [-0.2, 0) is 13.0 Å². The molecule has 0 aliphatic heterocycles. The Morgan fingerprint density at radius 2 is 1.85 bits per heavy atom. The Kier molecular flexibility index (Phi) is 9.71. The van der Waals surface area contributed by atoms with E-state index in [1.165, 1.54) is 18.7 Å². The van der Waals surface area contributed by atoms with Crippen molar-refractivity contribution in [2.45, 2.75) is 19.6 Å². The fourth-order valence-corrected chi connectivity index (χ4v) is 2.22. The fraction of sp³-hybridized carbons (Fsp3) is 0.278. The van der Waals surface area contributed by atoms with Crippen LogP contribution in [0.25, 0.3) is 0 Å². The first-order chi connectivity index (χ1) is 12.1. The van der Waals surface area contributed by atoms with Gasteiger partial charge >= 0.3 is 6.61 Å². The number of nitrogens with one attached hydrogen (secondary N) is 1. The number of halogens is 3. The Balaban J connectivity index is 0.00000338. The van der Waals surface area contributed by atoms with E-state index in [0.717, 1.165) is 6.42 Å². The zero-order valence-electron chi connectivity index (χ0n) is 14.3. The minimum absolute atomic E-state index is 0. The molecule has 5 nitrogen and oxygen atoms in total. The van der Waals surface area contributed by atoms with Crippen molar-refractivity contribution in [3.05, 3.63) is 59.7 Å². The van der Waals surface area contributed by atoms with Crippen LogP contribution in [0.5, 0.6) is 11.5 Å². The lowest BCUT2D eigenvalue weighted by atomic mass is 10.1. The largest absolute Gasteiger partial charge is 0.493 e. The Bertz CT molecular complexity index is 700. The number of nitrogens with two attached hydrogens (primary N) is 1. The quantitative estimate of drug-likeness (QED) is 0.347. The van der Waals surface area contributed by atoms with E-state index in [1.807, 2.05) is 30.3 Å². The van der Waals surface area contributed by atoms with Crippen molar-refractivity contribution in [1.82, 2.24) is 5.32 Å². The highest BCUT2D eigenvalue weighted by Crippen LogP contribution is 2.29. The van der Waals surface area contributed by atoms with Crippen molar-refractivity contribution in [3.8, 4) is 11.5 Å². The third-order valence-corrected chi connectivity index (χ3v) is 3.44. The van der Waals surface area contributed by atoms with Crippen molar-refractivity contribution in [3.63, 3.8) is 0 Å². The summed E-state index contributed by atoms with van der Waals surface area (Å²) in [4.78, 5) is 4.20. The molecule has 0 saturated heterocycles. The Morgan fingerprint density at radius 3 is 2.50 bits per heavy atom. The average Bonchev–Trinajstić information content (AvgIpc) is 2.60. The molecule has 2 rings (SSSR count). The number of hydrogen-bond acceptors (Lipinski definition) is 3. The van der Waals surface area contributed by atoms with Crippen LogP contribution in [0.15, 0.2) is 53.5 Å². The predicted octanol–water partition coefficient (Wildman–Crippen LogP) is 3.56. The van der Waals surface area contributed by atoms with E-state index in [0.29, 0.717) is 18.1 Å². The average molecular weight is 477 g/mol. The summed E-state index contributed by atoms with van der Waals surface area (Å²) in [6, 6.07) is 14.7. The molecule has 0 saturated carbocycles. The molecule has 2 aromatic carbocycles. The van der Waals surface area contributed by atoms with E-state index in [4.69, 9.17) is 10.5 Å². The number of hydrogen-bond donors (Lipinski definition) is 2. The molecule has 0 aliphatic carbocycles. The van der Waals surface area contributed by atoms with Crippen LogP contribution < -0.4 is 20.5 Å². The van der Waals surface area contributed by atoms with Gasteiger partial charge in [-0.1, -0.05) is 36.4 Å². The first-order valence-electron chi connectivity index (χ1n) is 7.78. The molecule has 142 valence electrons. The molecular weight excluding hydrogens is 455 g/mol. The molecule has 0 spiro atoms. The third-order valence-electron chi connectivity index (χ3n) is 3.44. The second-order valence-electron chi connectivity index (χ2n) is 5.23. The fourth-order valence-electron chi connectivity index (χ4n) is 2.22. The summed E-state index contributed by atoms with van der Waals surface area (Å²) in [7, 11) is 1.39. The van der Waals surface area contributed by atoms with Crippen LogP contribution in [0, 0.1) is 0 Å². The van der Waals surface area contributed by atoms with Gasteiger partial charge in [0.2, 0.25) is 0 Å². The summed E-state index contributed by atoms with van der Waals surface area (Å²) in [6.07, 6.45) is 0.825. The molecule has 0 bridgehead atoms. The van der Waals surface area contributed by atoms with Gasteiger partial charge in [-0.05, 0) is 29.7 Å². The molecule has 3 N–H and O–H groups in total. The summed E-state index contributed by atoms with van der Waals surface area (Å²) in [6.45, 7) is -2.02. The van der Waals surface area contributed by atoms with Crippen LogP contribution in [0.3, 0.4) is 0 Å². The minimum Gasteiger partial charge on any atom is -0.493 e. The van der Waals surface area contributed by atoms with Gasteiger partial charge in [-0.15, -0.1) is 24.0 Å². The highest BCUT2D eigenvalue weighted by Gasteiger charge is 2.11. The number of ether oxygens (including phenoxy) is 2. The lowest BCUT2D eigenvalue weighted by molar-refractivity contribution is -0.0512. The SMILES string of the molecule is COc1ccc(CN=C(N)NCCc2ccccc2)cc1OC(F)F.I. The lowest BCUT2D eigenvalue weighted by Crippen LogP contribution is -2.33. The van der Waals surface area contributed by atoms with E-state index < -0.39 is 6.61 Å². The van der Waals surface area contributed by atoms with Crippen LogP contribution in [-0.4, -0.2) is 26.2 Å². The van der Waals surface area contributed by atoms with E-state index in [2.05, 4.69) is 15.0 Å². The first-order valence-corrected chi connectivity index (χ1v) is 7.78. The molecule has 8 heteroatoms. The standard InChI is InChI=1S/C18H21F2N3O2.HI/c1-24-15-8-7-14(11-16(15)25-17(19)20)12-23-18(21)22-10-9-13-5-3-2-4-6-13;/h2-8,11,17H,9-10,12H2,1H3,(H3,21,22,23);1H. The van der Waals surface area contributed by atoms with Crippen molar-refractivity contribution in [1.29, 1.82) is 0 Å². The Morgan fingerprint density at radius 1 is 1.12 bits per heavy atom. The van der Waals surface area contributed by atoms with Crippen molar-refractivity contribution < 1.29 is 18.3 Å². The van der Waals surface area contributed by atoms with E-state index >= 15 is 0 Å². The summed E-state index contributed by atoms with van der Waals surface area (Å²) in [5.74, 6) is 0.505. The molecule has 0 atom stereocenters. The van der Waals surface area contributed by atoms with Gasteiger partial charge in [0.05, 0.1) is 13.7 Å². The Labute approximate surface area is 168 Å². The second-order valence-corrected chi connectivity index (χ2v) is 5.23. The summed E-state index contributed by atoms with van der Waals surface area (Å²) in [5.41, 5.74) is 7.71. The molecule has 0 aliphatic rings. The molecule has 0 fully saturated rings. The highest BCUT2D eigenvalue weighted by molar-refractivity contribution is 14.0. The van der Waals surface area contributed by atoms with Crippen molar-refractivity contribution in [2.24, 2.45) is 10.7 Å². The normalized spacial score (nSPS) is 11.0. The van der Waals surface area contributed by atoms with Gasteiger partial charge in [-0.2, -0.15) is 8.78 Å². The van der Waals surface area contributed by atoms with Gasteiger partial charge in [-0.3, -0.25) is 0 Å². The van der Waals surface area contributed by atoms with Crippen LogP contribution >= 0.6 is 24.0 Å². The molecular formula is C18H22F2IN3O2. The zero-order valence-corrected chi connectivity index (χ0v) is 16.7. The Hall–Kier alpha value is -2.10. The van der Waals surface area contributed by atoms with Gasteiger partial charge in [0, 0.05) is 6.54 Å². The van der Waals surface area contributed by atoms with E-state index in [1.54, 1.807) is 12.1 Å². The predicted molar refractivity (Wildman–Crippen MR) is 109 cm³/mol. The monoisotopic (exact) mass is 477 g/mol. The van der Waals surface area contributed by atoms with Crippen molar-refractivity contribution >= 4 is 29.9 Å². The molecule has 26 heavy (non-hydrogen) atoms. The number of benzene rings is 2.